The van der Waals surface area contributed by atoms with Crippen LogP contribution in [0.4, 0.5) is 8.78 Å². The number of H-pyrrole nitrogens is 1. The molecule has 2 nitrogen and oxygen atoms in total. The van der Waals surface area contributed by atoms with E-state index in [0.29, 0.717) is 15.7 Å². The molecule has 0 amide bonds. The normalized spacial score (nSPS) is 10.7. The first-order chi connectivity index (χ1) is 4.68. The Labute approximate surface area is 68.7 Å². The van der Waals surface area contributed by atoms with Crippen molar-refractivity contribution in [1.29, 1.82) is 0 Å². The molecule has 0 saturated carbocycles. The van der Waals surface area contributed by atoms with Gasteiger partial charge in [-0.25, -0.2) is 0 Å². The van der Waals surface area contributed by atoms with E-state index in [1.807, 2.05) is 0 Å². The van der Waals surface area contributed by atoms with Crippen molar-refractivity contribution < 1.29 is 8.78 Å². The predicted octanol–water partition coefficient (Wildman–Crippen LogP) is 2.52. The summed E-state index contributed by atoms with van der Waals surface area (Å²) in [6, 6.07) is 0. The molecule has 0 aliphatic heterocycles. The summed E-state index contributed by atoms with van der Waals surface area (Å²) >= 11 is 6.07. The van der Waals surface area contributed by atoms with E-state index in [9.17, 15) is 8.78 Å². The topological polar surface area (TPSA) is 28.7 Å². The number of nitrogens with one attached hydrogen (secondary N) is 1. The highest BCUT2D eigenvalue weighted by Crippen LogP contribution is 2.26. The lowest BCUT2D eigenvalue weighted by Crippen LogP contribution is -1.79. The van der Waals surface area contributed by atoms with Gasteiger partial charge in [0.2, 0.25) is 0 Å². The van der Waals surface area contributed by atoms with Crippen LogP contribution in [0.25, 0.3) is 0 Å². The quantitative estimate of drug-likeness (QED) is 0.587. The summed E-state index contributed by atoms with van der Waals surface area (Å²) in [5.41, 5.74) is 0. The van der Waals surface area contributed by atoms with Gasteiger partial charge in [-0.3, -0.25) is 5.10 Å². The molecule has 1 rings (SSSR count). The first kappa shape index (κ1) is 8.09. The number of halogens is 2. The molecule has 10 heavy (non-hydrogen) atoms. The SMILES string of the molecule is FC(F)Sc1n[nH]c(=S)s1. The molecule has 1 aromatic heterocycles. The van der Waals surface area contributed by atoms with Crippen LogP contribution >= 0.6 is 35.3 Å². The highest BCUT2D eigenvalue weighted by atomic mass is 32.2. The molecule has 0 spiro atoms. The number of hydrogen-bond donors (Lipinski definition) is 1. The smallest absolute Gasteiger partial charge is 0.257 e. The molecular formula is C3H2F2N2S3. The van der Waals surface area contributed by atoms with E-state index in [0.717, 1.165) is 11.3 Å². The van der Waals surface area contributed by atoms with Crippen molar-refractivity contribution in [3.8, 4) is 0 Å². The van der Waals surface area contributed by atoms with Crippen LogP contribution in [-0.2, 0) is 0 Å². The summed E-state index contributed by atoms with van der Waals surface area (Å²) in [5, 5.41) is 5.93. The number of thioether (sulfide) groups is 1. The first-order valence-corrected chi connectivity index (χ1v) is 4.29. The number of rotatable bonds is 2. The number of nitrogens with zero attached hydrogens (tertiary/aromatic N) is 1. The molecule has 0 radical (unpaired) electrons. The van der Waals surface area contributed by atoms with Gasteiger partial charge in [-0.15, -0.1) is 0 Å². The van der Waals surface area contributed by atoms with Gasteiger partial charge in [0.1, 0.15) is 0 Å². The zero-order chi connectivity index (χ0) is 7.56. The summed E-state index contributed by atoms with van der Waals surface area (Å²) < 4.78 is 23.9. The van der Waals surface area contributed by atoms with Crippen molar-refractivity contribution in [1.82, 2.24) is 10.2 Å². The molecule has 0 unspecified atom stereocenters. The molecule has 56 valence electrons. The Morgan fingerprint density at radius 3 is 2.80 bits per heavy atom. The summed E-state index contributed by atoms with van der Waals surface area (Å²) in [6.45, 7) is 0. The largest absolute Gasteiger partial charge is 0.291 e. The van der Waals surface area contributed by atoms with E-state index < -0.39 is 5.76 Å². The summed E-state index contributed by atoms with van der Waals surface area (Å²) in [7, 11) is 0. The Kier molecular flexibility index (Phi) is 2.75. The fraction of sp³-hybridized carbons (Fsp3) is 0.333. The van der Waals surface area contributed by atoms with Crippen molar-refractivity contribution in [2.24, 2.45) is 0 Å². The molecule has 0 aliphatic rings. The first-order valence-electron chi connectivity index (χ1n) is 2.19. The van der Waals surface area contributed by atoms with Crippen molar-refractivity contribution >= 4 is 35.3 Å². The molecule has 0 atom stereocenters. The van der Waals surface area contributed by atoms with E-state index in [1.165, 1.54) is 0 Å². The average molecular weight is 200 g/mol. The van der Waals surface area contributed by atoms with Gasteiger partial charge in [0.15, 0.2) is 8.29 Å². The fourth-order valence-electron chi connectivity index (χ4n) is 0.343. The summed E-state index contributed by atoms with van der Waals surface area (Å²) in [6.07, 6.45) is 0. The van der Waals surface area contributed by atoms with Crippen molar-refractivity contribution in [3.63, 3.8) is 0 Å². The second-order valence-electron chi connectivity index (χ2n) is 1.26. The molecule has 0 fully saturated rings. The lowest BCUT2D eigenvalue weighted by Gasteiger charge is -1.88. The summed E-state index contributed by atoms with van der Waals surface area (Å²) in [4.78, 5) is 0. The van der Waals surface area contributed by atoms with Crippen LogP contribution in [0, 0.1) is 3.95 Å². The van der Waals surface area contributed by atoms with Crippen molar-refractivity contribution in [2.75, 3.05) is 0 Å². The molecule has 0 saturated heterocycles. The van der Waals surface area contributed by atoms with E-state index in [2.05, 4.69) is 22.4 Å². The Hall–Kier alpha value is -0.0100. The zero-order valence-corrected chi connectivity index (χ0v) is 6.95. The maximum atomic E-state index is 11.6. The molecule has 7 heteroatoms. The van der Waals surface area contributed by atoms with Crippen LogP contribution in [0.5, 0.6) is 0 Å². The monoisotopic (exact) mass is 200 g/mol. The second kappa shape index (κ2) is 3.40. The molecule has 0 bridgehead atoms. The Morgan fingerprint density at radius 2 is 2.40 bits per heavy atom. The predicted molar refractivity (Wildman–Crippen MR) is 39.2 cm³/mol. The molecule has 0 aliphatic carbocycles. The van der Waals surface area contributed by atoms with Crippen LogP contribution in [0.3, 0.4) is 0 Å². The van der Waals surface area contributed by atoms with Gasteiger partial charge < -0.3 is 0 Å². The molecule has 1 aromatic rings. The van der Waals surface area contributed by atoms with E-state index in [-0.39, 0.29) is 4.34 Å². The molecule has 1 heterocycles. The molecule has 1 N–H and O–H groups in total. The van der Waals surface area contributed by atoms with E-state index in [4.69, 9.17) is 0 Å². The molecular weight excluding hydrogens is 198 g/mol. The highest BCUT2D eigenvalue weighted by molar-refractivity contribution is 8.01. The Morgan fingerprint density at radius 1 is 1.70 bits per heavy atom. The van der Waals surface area contributed by atoms with Gasteiger partial charge >= 0.3 is 0 Å². The van der Waals surface area contributed by atoms with Gasteiger partial charge in [-0.2, -0.15) is 13.9 Å². The van der Waals surface area contributed by atoms with Gasteiger partial charge in [0, 0.05) is 0 Å². The minimum atomic E-state index is -2.42. The van der Waals surface area contributed by atoms with Crippen LogP contribution in [-0.4, -0.2) is 16.0 Å². The highest BCUT2D eigenvalue weighted by Gasteiger charge is 2.07. The molecule has 0 aromatic carbocycles. The third kappa shape index (κ3) is 2.31. The average Bonchev–Trinajstić information content (AvgIpc) is 2.13. The third-order valence-electron chi connectivity index (χ3n) is 0.608. The lowest BCUT2D eigenvalue weighted by atomic mass is 11.6. The Bertz CT molecular complexity index is 254. The van der Waals surface area contributed by atoms with Crippen LogP contribution in [0.1, 0.15) is 0 Å². The fourth-order valence-corrected chi connectivity index (χ4v) is 2.04. The maximum Gasteiger partial charge on any atom is 0.291 e. The standard InChI is InChI=1S/C3H2F2N2S3/c4-1(5)9-3-7-6-2(8)10-3/h1H,(H,6,8). The maximum absolute atomic E-state index is 11.6. The van der Waals surface area contributed by atoms with Crippen LogP contribution in [0.15, 0.2) is 4.34 Å². The lowest BCUT2D eigenvalue weighted by molar-refractivity contribution is 0.252. The van der Waals surface area contributed by atoms with E-state index >= 15 is 0 Å². The number of hydrogen-bond acceptors (Lipinski definition) is 4. The van der Waals surface area contributed by atoms with Gasteiger partial charge in [0.25, 0.3) is 5.76 Å². The van der Waals surface area contributed by atoms with E-state index in [1.54, 1.807) is 0 Å². The third-order valence-corrected chi connectivity index (χ3v) is 2.50. The minimum Gasteiger partial charge on any atom is -0.257 e. The number of aromatic amines is 1. The Balaban J connectivity index is 2.67. The second-order valence-corrected chi connectivity index (χ2v) is 4.16. The van der Waals surface area contributed by atoms with Gasteiger partial charge in [-0.1, -0.05) is 11.3 Å². The van der Waals surface area contributed by atoms with Crippen molar-refractivity contribution in [3.05, 3.63) is 3.95 Å². The minimum absolute atomic E-state index is 0.278. The van der Waals surface area contributed by atoms with Crippen LogP contribution < -0.4 is 0 Å². The number of alkyl halides is 2. The van der Waals surface area contributed by atoms with Crippen LogP contribution in [0.2, 0.25) is 0 Å². The zero-order valence-electron chi connectivity index (χ0n) is 4.51. The summed E-state index contributed by atoms with van der Waals surface area (Å²) in [5.74, 6) is -2.42. The van der Waals surface area contributed by atoms with Gasteiger partial charge in [0.05, 0.1) is 0 Å². The van der Waals surface area contributed by atoms with Gasteiger partial charge in [-0.05, 0) is 24.0 Å². The van der Waals surface area contributed by atoms with Crippen molar-refractivity contribution in [2.45, 2.75) is 10.1 Å². The number of aromatic nitrogens is 2.